The number of piperazine rings is 1. The summed E-state index contributed by atoms with van der Waals surface area (Å²) in [6.07, 6.45) is -0.775. The number of hydrogen-bond acceptors (Lipinski definition) is 4. The van der Waals surface area contributed by atoms with E-state index in [-0.39, 0.29) is 12.5 Å². The van der Waals surface area contributed by atoms with Crippen molar-refractivity contribution in [2.45, 2.75) is 45.9 Å². The molecule has 0 N–H and O–H groups in total. The lowest BCUT2D eigenvalue weighted by Gasteiger charge is -2.37. The highest BCUT2D eigenvalue weighted by Gasteiger charge is 2.41. The number of hydrogen-bond donors (Lipinski definition) is 0. The van der Waals surface area contributed by atoms with Crippen molar-refractivity contribution < 1.29 is 19.1 Å². The summed E-state index contributed by atoms with van der Waals surface area (Å²) >= 11 is 0. The van der Waals surface area contributed by atoms with E-state index in [1.165, 1.54) is 4.90 Å². The van der Waals surface area contributed by atoms with Crippen LogP contribution < -0.4 is 0 Å². The van der Waals surface area contributed by atoms with E-state index in [0.29, 0.717) is 6.54 Å². The van der Waals surface area contributed by atoms with Gasteiger partial charge in [-0.25, -0.2) is 9.69 Å². The van der Waals surface area contributed by atoms with Crippen molar-refractivity contribution >= 4 is 17.9 Å². The number of carbonyl (C=O) groups excluding carboxylic acids is 3. The highest BCUT2D eigenvalue weighted by Crippen LogP contribution is 2.19. The lowest BCUT2D eigenvalue weighted by atomic mass is 10.1. The van der Waals surface area contributed by atoms with Gasteiger partial charge in [-0.2, -0.15) is 0 Å². The number of ether oxygens (including phenoxy) is 1. The van der Waals surface area contributed by atoms with Gasteiger partial charge in [0.15, 0.2) is 0 Å². The molecule has 124 valence electrons. The molecule has 0 aliphatic carbocycles. The summed E-state index contributed by atoms with van der Waals surface area (Å²) < 4.78 is 5.22. The molecule has 1 heterocycles. The topological polar surface area (TPSA) is 66.9 Å². The molecule has 2 rings (SSSR count). The van der Waals surface area contributed by atoms with Gasteiger partial charge in [0.2, 0.25) is 5.91 Å². The molecule has 1 aliphatic rings. The minimum Gasteiger partial charge on any atom is -0.443 e. The Hall–Kier alpha value is -2.37. The molecule has 1 aromatic rings. The van der Waals surface area contributed by atoms with Crippen LogP contribution in [-0.4, -0.2) is 45.9 Å². The SMILES string of the molecule is C[C@H]1C(=O)N(Cc2ccccc2)CC(=O)N1C(=O)OC(C)(C)C. The Morgan fingerprint density at radius 2 is 1.83 bits per heavy atom. The maximum atomic E-state index is 12.5. The quantitative estimate of drug-likeness (QED) is 0.838. The van der Waals surface area contributed by atoms with E-state index in [9.17, 15) is 14.4 Å². The van der Waals surface area contributed by atoms with E-state index in [1.807, 2.05) is 30.3 Å². The van der Waals surface area contributed by atoms with Crippen LogP contribution in [0.3, 0.4) is 0 Å². The van der Waals surface area contributed by atoms with Crippen molar-refractivity contribution in [1.82, 2.24) is 9.80 Å². The largest absolute Gasteiger partial charge is 0.443 e. The molecule has 1 atom stereocenters. The Bertz CT molecular complexity index is 607. The van der Waals surface area contributed by atoms with Crippen LogP contribution in [0, 0.1) is 0 Å². The second kappa shape index (κ2) is 6.40. The van der Waals surface area contributed by atoms with Gasteiger partial charge in [0.05, 0.1) is 0 Å². The lowest BCUT2D eigenvalue weighted by molar-refractivity contribution is -0.154. The summed E-state index contributed by atoms with van der Waals surface area (Å²) in [5, 5.41) is 0. The van der Waals surface area contributed by atoms with Gasteiger partial charge in [0, 0.05) is 6.54 Å². The third-order valence-electron chi connectivity index (χ3n) is 3.46. The molecule has 0 spiro atoms. The zero-order valence-corrected chi connectivity index (χ0v) is 13.9. The Morgan fingerprint density at radius 1 is 1.22 bits per heavy atom. The van der Waals surface area contributed by atoms with Gasteiger partial charge in [-0.3, -0.25) is 9.59 Å². The Kier molecular flexibility index (Phi) is 4.73. The van der Waals surface area contributed by atoms with Crippen LogP contribution in [0.1, 0.15) is 33.3 Å². The average molecular weight is 318 g/mol. The van der Waals surface area contributed by atoms with Crippen LogP contribution in [-0.2, 0) is 20.9 Å². The number of benzene rings is 1. The first-order valence-corrected chi connectivity index (χ1v) is 7.57. The van der Waals surface area contributed by atoms with Crippen molar-refractivity contribution in [3.63, 3.8) is 0 Å². The molecule has 0 bridgehead atoms. The molecule has 1 aromatic carbocycles. The summed E-state index contributed by atoms with van der Waals surface area (Å²) in [6, 6.07) is 8.56. The van der Waals surface area contributed by atoms with Gasteiger partial charge in [0.25, 0.3) is 5.91 Å². The van der Waals surface area contributed by atoms with Gasteiger partial charge in [-0.15, -0.1) is 0 Å². The van der Waals surface area contributed by atoms with Crippen molar-refractivity contribution in [3.05, 3.63) is 35.9 Å². The van der Waals surface area contributed by atoms with Crippen LogP contribution in [0.25, 0.3) is 0 Å². The van der Waals surface area contributed by atoms with E-state index in [0.717, 1.165) is 10.5 Å². The van der Waals surface area contributed by atoms with E-state index < -0.39 is 23.6 Å². The molecule has 1 saturated heterocycles. The number of imide groups is 1. The normalized spacial score (nSPS) is 19.0. The number of amides is 3. The predicted octanol–water partition coefficient (Wildman–Crippen LogP) is 2.18. The van der Waals surface area contributed by atoms with Crippen molar-refractivity contribution in [2.24, 2.45) is 0 Å². The van der Waals surface area contributed by atoms with E-state index in [1.54, 1.807) is 27.7 Å². The van der Waals surface area contributed by atoms with Crippen LogP contribution in [0.4, 0.5) is 4.79 Å². The van der Waals surface area contributed by atoms with Gasteiger partial charge in [-0.05, 0) is 33.3 Å². The van der Waals surface area contributed by atoms with Crippen LogP contribution in [0.15, 0.2) is 30.3 Å². The highest BCUT2D eigenvalue weighted by atomic mass is 16.6. The van der Waals surface area contributed by atoms with E-state index in [4.69, 9.17) is 4.74 Å². The first-order valence-electron chi connectivity index (χ1n) is 7.57. The Labute approximate surface area is 136 Å². The fraction of sp³-hybridized carbons (Fsp3) is 0.471. The monoisotopic (exact) mass is 318 g/mol. The second-order valence-corrected chi connectivity index (χ2v) is 6.60. The Balaban J connectivity index is 2.11. The van der Waals surface area contributed by atoms with Gasteiger partial charge in [0.1, 0.15) is 18.2 Å². The number of nitrogens with zero attached hydrogens (tertiary/aromatic N) is 2. The van der Waals surface area contributed by atoms with Crippen molar-refractivity contribution in [3.8, 4) is 0 Å². The molecule has 0 radical (unpaired) electrons. The molecule has 1 fully saturated rings. The third kappa shape index (κ3) is 4.09. The van der Waals surface area contributed by atoms with E-state index in [2.05, 4.69) is 0 Å². The maximum absolute atomic E-state index is 12.5. The van der Waals surface area contributed by atoms with Crippen LogP contribution >= 0.6 is 0 Å². The fourth-order valence-corrected chi connectivity index (χ4v) is 2.42. The molecule has 0 aromatic heterocycles. The summed E-state index contributed by atoms with van der Waals surface area (Å²) in [5.41, 5.74) is 0.216. The minimum atomic E-state index is -0.866. The minimum absolute atomic E-state index is 0.128. The summed E-state index contributed by atoms with van der Waals surface area (Å²) in [6.45, 7) is 6.91. The average Bonchev–Trinajstić information content (AvgIpc) is 2.43. The molecule has 3 amide bonds. The summed E-state index contributed by atoms with van der Waals surface area (Å²) in [7, 11) is 0. The second-order valence-electron chi connectivity index (χ2n) is 6.60. The predicted molar refractivity (Wildman–Crippen MR) is 84.4 cm³/mol. The zero-order valence-electron chi connectivity index (χ0n) is 13.9. The van der Waals surface area contributed by atoms with Crippen LogP contribution in [0.2, 0.25) is 0 Å². The molecular weight excluding hydrogens is 296 g/mol. The van der Waals surface area contributed by atoms with Gasteiger partial charge >= 0.3 is 6.09 Å². The molecular formula is C17H22N2O4. The van der Waals surface area contributed by atoms with Crippen molar-refractivity contribution in [1.29, 1.82) is 0 Å². The Morgan fingerprint density at radius 3 is 2.39 bits per heavy atom. The fourth-order valence-electron chi connectivity index (χ4n) is 2.42. The number of carbonyl (C=O) groups is 3. The molecule has 23 heavy (non-hydrogen) atoms. The molecule has 0 unspecified atom stereocenters. The standard InChI is InChI=1S/C17H22N2O4/c1-12-15(21)18(10-13-8-6-5-7-9-13)11-14(20)19(12)16(22)23-17(2,3)4/h5-9,12H,10-11H2,1-4H3/t12-/m0/s1. The zero-order chi connectivity index (χ0) is 17.2. The third-order valence-corrected chi connectivity index (χ3v) is 3.46. The first kappa shape index (κ1) is 17.0. The van der Waals surface area contributed by atoms with Gasteiger partial charge < -0.3 is 9.64 Å². The molecule has 6 nitrogen and oxygen atoms in total. The summed E-state index contributed by atoms with van der Waals surface area (Å²) in [5.74, 6) is -0.693. The van der Waals surface area contributed by atoms with Crippen LogP contribution in [0.5, 0.6) is 0 Å². The smallest absolute Gasteiger partial charge is 0.417 e. The number of rotatable bonds is 2. The molecule has 0 saturated carbocycles. The van der Waals surface area contributed by atoms with Gasteiger partial charge in [-0.1, -0.05) is 30.3 Å². The first-order chi connectivity index (χ1) is 10.7. The lowest BCUT2D eigenvalue weighted by Crippen LogP contribution is -2.60. The summed E-state index contributed by atoms with van der Waals surface area (Å²) in [4.78, 5) is 39.3. The molecule has 6 heteroatoms. The van der Waals surface area contributed by atoms with E-state index >= 15 is 0 Å². The van der Waals surface area contributed by atoms with Crippen molar-refractivity contribution in [2.75, 3.05) is 6.54 Å². The highest BCUT2D eigenvalue weighted by molar-refractivity contribution is 6.03. The maximum Gasteiger partial charge on any atom is 0.417 e. The molecule has 1 aliphatic heterocycles.